The molecule has 0 radical (unpaired) electrons. The van der Waals surface area contributed by atoms with E-state index in [1.807, 2.05) is 13.8 Å². The molecule has 0 aromatic rings. The normalized spacial score (nSPS) is 14.2. The Hall–Kier alpha value is -0.560. The van der Waals surface area contributed by atoms with Gasteiger partial charge in [-0.3, -0.25) is 0 Å². The van der Waals surface area contributed by atoms with Gasteiger partial charge in [-0.2, -0.15) is 0 Å². The largest absolute Gasteiger partial charge is 0.381 e. The van der Waals surface area contributed by atoms with Crippen LogP contribution in [0.3, 0.4) is 0 Å². The summed E-state index contributed by atoms with van der Waals surface area (Å²) in [5.41, 5.74) is 0. The summed E-state index contributed by atoms with van der Waals surface area (Å²) in [7, 11) is 0. The van der Waals surface area contributed by atoms with Crippen molar-refractivity contribution in [1.29, 1.82) is 0 Å². The summed E-state index contributed by atoms with van der Waals surface area (Å²) >= 11 is 0. The Balaban J connectivity index is 3.50. The third-order valence-electron chi connectivity index (χ3n) is 2.08. The standard InChI is InChI=1S/C13H24O/c1-4-7-8-11-14-12-13(9-5-2)10-6-3/h5-6,9-10,13H,4,7-8,11-12H2,1-3H3. The number of unbranched alkanes of at least 4 members (excludes halogenated alkanes) is 2. The van der Waals surface area contributed by atoms with Crippen molar-refractivity contribution in [2.75, 3.05) is 13.2 Å². The highest BCUT2D eigenvalue weighted by molar-refractivity contribution is 4.98. The van der Waals surface area contributed by atoms with Gasteiger partial charge in [-0.05, 0) is 20.3 Å². The molecular formula is C13H24O. The van der Waals surface area contributed by atoms with Crippen molar-refractivity contribution >= 4 is 0 Å². The molecule has 0 aliphatic carbocycles. The minimum absolute atomic E-state index is 0.451. The first-order valence-electron chi connectivity index (χ1n) is 5.68. The lowest BCUT2D eigenvalue weighted by atomic mass is 10.1. The fourth-order valence-electron chi connectivity index (χ4n) is 1.34. The maximum absolute atomic E-state index is 5.60. The Labute approximate surface area is 88.9 Å². The van der Waals surface area contributed by atoms with Crippen LogP contribution in [-0.4, -0.2) is 13.2 Å². The van der Waals surface area contributed by atoms with Crippen LogP contribution in [0.2, 0.25) is 0 Å². The predicted octanol–water partition coefficient (Wildman–Crippen LogP) is 3.96. The molecular weight excluding hydrogens is 172 g/mol. The van der Waals surface area contributed by atoms with Gasteiger partial charge in [-0.1, -0.05) is 44.1 Å². The summed E-state index contributed by atoms with van der Waals surface area (Å²) in [5, 5.41) is 0. The molecule has 82 valence electrons. The monoisotopic (exact) mass is 196 g/mol. The molecule has 0 fully saturated rings. The van der Waals surface area contributed by atoms with E-state index in [2.05, 4.69) is 31.2 Å². The van der Waals surface area contributed by atoms with Crippen molar-refractivity contribution in [3.63, 3.8) is 0 Å². The van der Waals surface area contributed by atoms with Crippen LogP contribution < -0.4 is 0 Å². The zero-order valence-corrected chi connectivity index (χ0v) is 9.83. The van der Waals surface area contributed by atoms with Crippen molar-refractivity contribution in [1.82, 2.24) is 0 Å². The Kier molecular flexibility index (Phi) is 10.1. The average molecular weight is 196 g/mol. The first-order chi connectivity index (χ1) is 6.85. The second-order valence-corrected chi connectivity index (χ2v) is 3.50. The average Bonchev–Trinajstić information content (AvgIpc) is 2.18. The molecule has 0 aromatic heterocycles. The lowest BCUT2D eigenvalue weighted by molar-refractivity contribution is 0.119. The summed E-state index contributed by atoms with van der Waals surface area (Å²) in [6.45, 7) is 8.03. The molecule has 14 heavy (non-hydrogen) atoms. The second-order valence-electron chi connectivity index (χ2n) is 3.50. The quantitative estimate of drug-likeness (QED) is 0.422. The van der Waals surface area contributed by atoms with Gasteiger partial charge < -0.3 is 4.74 Å². The molecule has 0 rings (SSSR count). The zero-order valence-electron chi connectivity index (χ0n) is 9.83. The molecule has 0 unspecified atom stereocenters. The van der Waals surface area contributed by atoms with E-state index in [0.29, 0.717) is 5.92 Å². The van der Waals surface area contributed by atoms with E-state index >= 15 is 0 Å². The number of ether oxygens (including phenoxy) is 1. The predicted molar refractivity (Wildman–Crippen MR) is 63.5 cm³/mol. The van der Waals surface area contributed by atoms with Crippen LogP contribution in [0, 0.1) is 5.92 Å². The zero-order chi connectivity index (χ0) is 10.6. The van der Waals surface area contributed by atoms with Crippen molar-refractivity contribution < 1.29 is 4.74 Å². The highest BCUT2D eigenvalue weighted by atomic mass is 16.5. The maximum Gasteiger partial charge on any atom is 0.0563 e. The van der Waals surface area contributed by atoms with Crippen LogP contribution in [0.1, 0.15) is 40.0 Å². The van der Waals surface area contributed by atoms with E-state index in [-0.39, 0.29) is 0 Å². The van der Waals surface area contributed by atoms with E-state index in [4.69, 9.17) is 4.74 Å². The van der Waals surface area contributed by atoms with Crippen molar-refractivity contribution in [2.24, 2.45) is 5.92 Å². The van der Waals surface area contributed by atoms with Gasteiger partial charge in [0.05, 0.1) is 6.61 Å². The molecule has 0 aliphatic rings. The summed E-state index contributed by atoms with van der Waals surface area (Å²) in [5.74, 6) is 0.451. The van der Waals surface area contributed by atoms with Gasteiger partial charge >= 0.3 is 0 Å². The fourth-order valence-corrected chi connectivity index (χ4v) is 1.34. The van der Waals surface area contributed by atoms with Gasteiger partial charge in [0, 0.05) is 12.5 Å². The number of hydrogen-bond acceptors (Lipinski definition) is 1. The van der Waals surface area contributed by atoms with E-state index < -0.39 is 0 Å². The first-order valence-corrected chi connectivity index (χ1v) is 5.68. The van der Waals surface area contributed by atoms with Crippen molar-refractivity contribution in [3.05, 3.63) is 24.3 Å². The molecule has 1 heteroatoms. The Morgan fingerprint density at radius 3 is 2.21 bits per heavy atom. The van der Waals surface area contributed by atoms with Crippen LogP contribution >= 0.6 is 0 Å². The van der Waals surface area contributed by atoms with E-state index in [1.54, 1.807) is 0 Å². The summed E-state index contributed by atoms with van der Waals surface area (Å²) in [4.78, 5) is 0. The van der Waals surface area contributed by atoms with E-state index in [9.17, 15) is 0 Å². The van der Waals surface area contributed by atoms with Crippen LogP contribution in [0.25, 0.3) is 0 Å². The van der Waals surface area contributed by atoms with Crippen LogP contribution in [0.5, 0.6) is 0 Å². The highest BCUT2D eigenvalue weighted by Gasteiger charge is 1.98. The van der Waals surface area contributed by atoms with Crippen LogP contribution in [0.4, 0.5) is 0 Å². The van der Waals surface area contributed by atoms with E-state index in [0.717, 1.165) is 13.2 Å². The van der Waals surface area contributed by atoms with Crippen LogP contribution in [0.15, 0.2) is 24.3 Å². The van der Waals surface area contributed by atoms with Gasteiger partial charge in [0.25, 0.3) is 0 Å². The minimum Gasteiger partial charge on any atom is -0.381 e. The van der Waals surface area contributed by atoms with E-state index in [1.165, 1.54) is 19.3 Å². The Bertz CT molecular complexity index is 147. The van der Waals surface area contributed by atoms with Crippen LogP contribution in [-0.2, 0) is 4.74 Å². The van der Waals surface area contributed by atoms with Gasteiger partial charge in [-0.15, -0.1) is 0 Å². The summed E-state index contributed by atoms with van der Waals surface area (Å²) < 4.78 is 5.60. The molecule has 0 atom stereocenters. The van der Waals surface area contributed by atoms with Crippen molar-refractivity contribution in [3.8, 4) is 0 Å². The Morgan fingerprint density at radius 2 is 1.71 bits per heavy atom. The number of hydrogen-bond donors (Lipinski definition) is 0. The van der Waals surface area contributed by atoms with Gasteiger partial charge in [0.2, 0.25) is 0 Å². The number of rotatable bonds is 8. The molecule has 0 aromatic carbocycles. The topological polar surface area (TPSA) is 9.23 Å². The Morgan fingerprint density at radius 1 is 1.07 bits per heavy atom. The SMILES string of the molecule is CC=CC(C=CC)COCCCCC. The highest BCUT2D eigenvalue weighted by Crippen LogP contribution is 2.03. The molecule has 0 spiro atoms. The van der Waals surface area contributed by atoms with Gasteiger partial charge in [0.1, 0.15) is 0 Å². The molecule has 0 amide bonds. The molecule has 0 saturated heterocycles. The molecule has 0 saturated carbocycles. The third kappa shape index (κ3) is 8.06. The molecule has 0 bridgehead atoms. The summed E-state index contributed by atoms with van der Waals surface area (Å²) in [6.07, 6.45) is 12.3. The molecule has 0 heterocycles. The van der Waals surface area contributed by atoms with Gasteiger partial charge in [0.15, 0.2) is 0 Å². The third-order valence-corrected chi connectivity index (χ3v) is 2.08. The summed E-state index contributed by atoms with van der Waals surface area (Å²) in [6, 6.07) is 0. The van der Waals surface area contributed by atoms with Crippen molar-refractivity contribution in [2.45, 2.75) is 40.0 Å². The lowest BCUT2D eigenvalue weighted by Crippen LogP contribution is -2.05. The fraction of sp³-hybridized carbons (Fsp3) is 0.692. The first kappa shape index (κ1) is 13.4. The molecule has 0 aliphatic heterocycles. The maximum atomic E-state index is 5.60. The molecule has 1 nitrogen and oxygen atoms in total. The molecule has 0 N–H and O–H groups in total. The number of allylic oxidation sites excluding steroid dienone is 2. The van der Waals surface area contributed by atoms with Gasteiger partial charge in [-0.25, -0.2) is 0 Å². The lowest BCUT2D eigenvalue weighted by Gasteiger charge is -2.08. The second kappa shape index (κ2) is 10.5. The minimum atomic E-state index is 0.451. The smallest absolute Gasteiger partial charge is 0.0563 e.